The van der Waals surface area contributed by atoms with Crippen LogP contribution in [0.4, 0.5) is 14.9 Å². The van der Waals surface area contributed by atoms with E-state index in [0.29, 0.717) is 53.5 Å². The van der Waals surface area contributed by atoms with Crippen molar-refractivity contribution in [2.24, 2.45) is 0 Å². The summed E-state index contributed by atoms with van der Waals surface area (Å²) in [6.45, 7) is 0.227. The highest BCUT2D eigenvalue weighted by molar-refractivity contribution is 8.18. The summed E-state index contributed by atoms with van der Waals surface area (Å²) in [7, 11) is 1.46. The second-order valence-electron chi connectivity index (χ2n) is 8.57. The maximum atomic E-state index is 14.2. The monoisotopic (exact) mass is 584 g/mol. The van der Waals surface area contributed by atoms with E-state index in [9.17, 15) is 18.8 Å². The minimum atomic E-state index is -0.608. The lowest BCUT2D eigenvalue weighted by Gasteiger charge is -2.19. The van der Waals surface area contributed by atoms with Gasteiger partial charge in [0.1, 0.15) is 32.2 Å². The fourth-order valence-corrected chi connectivity index (χ4v) is 5.02. The van der Waals surface area contributed by atoms with E-state index in [1.807, 2.05) is 0 Å². The lowest BCUT2D eigenvalue weighted by molar-refractivity contribution is -0.127. The van der Waals surface area contributed by atoms with E-state index in [1.54, 1.807) is 42.5 Å². The summed E-state index contributed by atoms with van der Waals surface area (Å²) in [6, 6.07) is 14.2. The van der Waals surface area contributed by atoms with E-state index in [4.69, 9.17) is 30.5 Å². The Hall–Kier alpha value is -4.22. The zero-order valence-corrected chi connectivity index (χ0v) is 22.6. The first-order valence-corrected chi connectivity index (χ1v) is 13.2. The molecule has 2 aliphatic heterocycles. The number of halogens is 2. The molecule has 3 amide bonds. The summed E-state index contributed by atoms with van der Waals surface area (Å²) in [5, 5.41) is 2.31. The van der Waals surface area contributed by atoms with Gasteiger partial charge in [0.15, 0.2) is 23.0 Å². The molecule has 3 aromatic rings. The molecule has 2 aliphatic rings. The van der Waals surface area contributed by atoms with Crippen molar-refractivity contribution in [2.45, 2.75) is 6.61 Å². The third-order valence-electron chi connectivity index (χ3n) is 5.92. The Morgan fingerprint density at radius 2 is 1.90 bits per heavy atom. The van der Waals surface area contributed by atoms with Gasteiger partial charge in [-0.05, 0) is 59.8 Å². The van der Waals surface area contributed by atoms with E-state index in [2.05, 4.69) is 5.32 Å². The molecule has 1 saturated heterocycles. The highest BCUT2D eigenvalue weighted by atomic mass is 35.5. The molecule has 0 saturated carbocycles. The maximum absolute atomic E-state index is 14.2. The molecule has 5 rings (SSSR count). The van der Waals surface area contributed by atoms with Gasteiger partial charge in [0.25, 0.3) is 11.1 Å². The number of anilines is 1. The molecule has 2 heterocycles. The van der Waals surface area contributed by atoms with Crippen LogP contribution in [0, 0.1) is 5.82 Å². The molecule has 0 atom stereocenters. The Morgan fingerprint density at radius 3 is 2.67 bits per heavy atom. The summed E-state index contributed by atoms with van der Waals surface area (Å²) >= 11 is 6.81. The quantitative estimate of drug-likeness (QED) is 0.346. The third kappa shape index (κ3) is 6.00. The first-order chi connectivity index (χ1) is 19.3. The zero-order chi connectivity index (χ0) is 28.2. The van der Waals surface area contributed by atoms with Crippen molar-refractivity contribution in [1.29, 1.82) is 0 Å². The summed E-state index contributed by atoms with van der Waals surface area (Å²) in [6.07, 6.45) is 1.51. The smallest absolute Gasteiger partial charge is 0.294 e. The predicted octanol–water partition coefficient (Wildman–Crippen LogP) is 5.51. The molecule has 40 heavy (non-hydrogen) atoms. The number of rotatable bonds is 8. The van der Waals surface area contributed by atoms with Gasteiger partial charge in [-0.1, -0.05) is 23.7 Å². The van der Waals surface area contributed by atoms with Crippen molar-refractivity contribution in [3.8, 4) is 23.0 Å². The number of fused-ring (bicyclic) bond motifs is 1. The van der Waals surface area contributed by atoms with Crippen LogP contribution in [0.3, 0.4) is 0 Å². The van der Waals surface area contributed by atoms with Crippen molar-refractivity contribution < 1.29 is 37.7 Å². The average Bonchev–Trinajstić information content (AvgIpc) is 3.20. The molecule has 0 bridgehead atoms. The van der Waals surface area contributed by atoms with Gasteiger partial charge in [0.2, 0.25) is 5.91 Å². The van der Waals surface area contributed by atoms with Crippen molar-refractivity contribution in [3.63, 3.8) is 0 Å². The average molecular weight is 585 g/mol. The minimum Gasteiger partial charge on any atom is -0.493 e. The normalized spacial score (nSPS) is 15.4. The SMILES string of the molecule is COc1ccc(/C=C2/SC(=O)N(CC(=O)Nc3ccc4c(c3)OCCO4)C2=O)cc1OCc1c(F)cccc1Cl. The fraction of sp³-hybridized carbons (Fsp3) is 0.179. The molecular weight excluding hydrogens is 563 g/mol. The van der Waals surface area contributed by atoms with Crippen molar-refractivity contribution in [1.82, 2.24) is 4.90 Å². The molecule has 9 nitrogen and oxygen atoms in total. The Kier molecular flexibility index (Phi) is 8.13. The second-order valence-corrected chi connectivity index (χ2v) is 9.97. The number of imide groups is 1. The number of hydrogen-bond donors (Lipinski definition) is 1. The van der Waals surface area contributed by atoms with Crippen LogP contribution in [0.1, 0.15) is 11.1 Å². The number of thioether (sulfide) groups is 1. The molecule has 0 spiro atoms. The molecule has 12 heteroatoms. The van der Waals surface area contributed by atoms with Gasteiger partial charge in [-0.2, -0.15) is 0 Å². The summed E-state index contributed by atoms with van der Waals surface area (Å²) in [4.78, 5) is 39.2. The Balaban J connectivity index is 1.27. The molecule has 0 radical (unpaired) electrons. The van der Waals surface area contributed by atoms with Crippen molar-refractivity contribution in [2.75, 3.05) is 32.2 Å². The molecule has 0 unspecified atom stereocenters. The number of hydrogen-bond acceptors (Lipinski definition) is 8. The van der Waals surface area contributed by atoms with Crippen LogP contribution in [0.5, 0.6) is 23.0 Å². The Bertz CT molecular complexity index is 1510. The standard InChI is InChI=1S/C28H22ClFN2O7S/c1-36-21-7-5-16(11-23(21)39-15-18-19(29)3-2-4-20(18)30)12-25-27(34)32(28(35)40-25)14-26(33)31-17-6-8-22-24(13-17)38-10-9-37-22/h2-8,11-13H,9-10,14-15H2,1H3,(H,31,33)/b25-12+. The number of methoxy groups -OCH3 is 1. The number of carbonyl (C=O) groups excluding carboxylic acids is 3. The van der Waals surface area contributed by atoms with Gasteiger partial charge in [-0.25, -0.2) is 4.39 Å². The van der Waals surface area contributed by atoms with Crippen LogP contribution >= 0.6 is 23.4 Å². The van der Waals surface area contributed by atoms with Crippen LogP contribution in [0.25, 0.3) is 6.08 Å². The molecular formula is C28H22ClFN2O7S. The largest absolute Gasteiger partial charge is 0.493 e. The molecule has 206 valence electrons. The number of amides is 3. The molecule has 1 fully saturated rings. The van der Waals surface area contributed by atoms with Crippen LogP contribution < -0.4 is 24.3 Å². The van der Waals surface area contributed by atoms with Crippen LogP contribution in [0.15, 0.2) is 59.5 Å². The predicted molar refractivity (Wildman–Crippen MR) is 147 cm³/mol. The highest BCUT2D eigenvalue weighted by Gasteiger charge is 2.36. The zero-order valence-electron chi connectivity index (χ0n) is 21.1. The van der Waals surface area contributed by atoms with Gasteiger partial charge in [0.05, 0.1) is 17.0 Å². The van der Waals surface area contributed by atoms with Crippen molar-refractivity contribution in [3.05, 3.63) is 81.5 Å². The first kappa shape index (κ1) is 27.4. The van der Waals surface area contributed by atoms with E-state index in [0.717, 1.165) is 4.90 Å². The van der Waals surface area contributed by atoms with Crippen LogP contribution in [0.2, 0.25) is 5.02 Å². The number of ether oxygens (including phenoxy) is 4. The summed E-state index contributed by atoms with van der Waals surface area (Å²) in [5.41, 5.74) is 1.16. The number of carbonyl (C=O) groups is 3. The van der Waals surface area contributed by atoms with Gasteiger partial charge in [-0.15, -0.1) is 0 Å². The van der Waals surface area contributed by atoms with E-state index in [1.165, 1.54) is 25.3 Å². The Labute approximate surface area is 237 Å². The van der Waals surface area contributed by atoms with Gasteiger partial charge >= 0.3 is 0 Å². The topological polar surface area (TPSA) is 103 Å². The summed E-state index contributed by atoms with van der Waals surface area (Å²) < 4.78 is 36.2. The third-order valence-corrected chi connectivity index (χ3v) is 7.18. The molecule has 0 aliphatic carbocycles. The molecule has 1 N–H and O–H groups in total. The number of nitrogens with zero attached hydrogens (tertiary/aromatic N) is 1. The second kappa shape index (κ2) is 11.9. The van der Waals surface area contributed by atoms with Gasteiger partial charge in [-0.3, -0.25) is 19.3 Å². The van der Waals surface area contributed by atoms with E-state index in [-0.39, 0.29) is 27.8 Å². The summed E-state index contributed by atoms with van der Waals surface area (Å²) in [5.74, 6) is 0.0776. The molecule has 3 aromatic carbocycles. The van der Waals surface area contributed by atoms with E-state index < -0.39 is 29.4 Å². The maximum Gasteiger partial charge on any atom is 0.294 e. The Morgan fingerprint density at radius 1 is 1.10 bits per heavy atom. The number of nitrogens with one attached hydrogen (secondary N) is 1. The fourth-order valence-electron chi connectivity index (χ4n) is 3.97. The first-order valence-electron chi connectivity index (χ1n) is 12.0. The van der Waals surface area contributed by atoms with Crippen molar-refractivity contribution >= 4 is 52.2 Å². The van der Waals surface area contributed by atoms with Crippen LogP contribution in [-0.2, 0) is 16.2 Å². The van der Waals surface area contributed by atoms with E-state index >= 15 is 0 Å². The minimum absolute atomic E-state index is 0.130. The van der Waals surface area contributed by atoms with Gasteiger partial charge in [0, 0.05) is 17.3 Å². The highest BCUT2D eigenvalue weighted by Crippen LogP contribution is 2.36. The molecule has 0 aromatic heterocycles. The lowest BCUT2D eigenvalue weighted by Crippen LogP contribution is -2.36. The number of benzene rings is 3. The van der Waals surface area contributed by atoms with Gasteiger partial charge < -0.3 is 24.3 Å². The lowest BCUT2D eigenvalue weighted by atomic mass is 10.1. The van der Waals surface area contributed by atoms with Crippen LogP contribution in [-0.4, -0.2) is 48.8 Å².